The second-order valence-electron chi connectivity index (χ2n) is 4.47. The second-order valence-corrected chi connectivity index (χ2v) is 4.47. The van der Waals surface area contributed by atoms with Crippen molar-refractivity contribution >= 4 is 10.9 Å². The number of benzene rings is 1. The maximum Gasteiger partial charge on any atom is 0.163 e. The number of hydrogen-bond acceptors (Lipinski definition) is 5. The summed E-state index contributed by atoms with van der Waals surface area (Å²) in [7, 11) is 1.62. The first-order valence-corrected chi connectivity index (χ1v) is 6.66. The molecule has 21 heavy (non-hydrogen) atoms. The van der Waals surface area contributed by atoms with Gasteiger partial charge in [-0.1, -0.05) is 0 Å². The minimum absolute atomic E-state index is 0.568. The van der Waals surface area contributed by atoms with Crippen molar-refractivity contribution in [3.05, 3.63) is 43.1 Å². The van der Waals surface area contributed by atoms with Crippen LogP contribution in [0, 0.1) is 6.07 Å². The second kappa shape index (κ2) is 6.21. The third-order valence-electron chi connectivity index (χ3n) is 3.06. The van der Waals surface area contributed by atoms with Crippen LogP contribution in [0.4, 0.5) is 0 Å². The van der Waals surface area contributed by atoms with Gasteiger partial charge in [0.05, 0.1) is 19.2 Å². The number of methoxy groups -OCH3 is 1. The Hall–Kier alpha value is -2.63. The molecule has 2 heterocycles. The summed E-state index contributed by atoms with van der Waals surface area (Å²) < 4.78 is 12.9. The number of fused-ring (bicyclic) bond motifs is 1. The summed E-state index contributed by atoms with van der Waals surface area (Å²) in [6.07, 6.45) is 5.76. The Labute approximate surface area is 122 Å². The SMILES string of the molecule is COc1cc2[c]ccnc2cc1OCCCn1cncn1. The van der Waals surface area contributed by atoms with Gasteiger partial charge in [0.15, 0.2) is 11.5 Å². The van der Waals surface area contributed by atoms with E-state index in [1.807, 2.05) is 12.1 Å². The molecule has 2 aromatic heterocycles. The van der Waals surface area contributed by atoms with E-state index >= 15 is 0 Å². The molecule has 0 unspecified atom stereocenters. The van der Waals surface area contributed by atoms with E-state index in [2.05, 4.69) is 21.1 Å². The normalized spacial score (nSPS) is 10.7. The van der Waals surface area contributed by atoms with Crippen LogP contribution in [-0.4, -0.2) is 33.5 Å². The van der Waals surface area contributed by atoms with Gasteiger partial charge >= 0.3 is 0 Å². The molecule has 0 N–H and O–H groups in total. The van der Waals surface area contributed by atoms with Crippen LogP contribution >= 0.6 is 0 Å². The van der Waals surface area contributed by atoms with Crippen molar-refractivity contribution in [3.63, 3.8) is 0 Å². The van der Waals surface area contributed by atoms with Crippen molar-refractivity contribution < 1.29 is 9.47 Å². The Morgan fingerprint density at radius 3 is 3.05 bits per heavy atom. The lowest BCUT2D eigenvalue weighted by atomic mass is 10.2. The summed E-state index contributed by atoms with van der Waals surface area (Å²) in [5.74, 6) is 1.38. The van der Waals surface area contributed by atoms with Gasteiger partial charge in [-0.05, 0) is 18.2 Å². The van der Waals surface area contributed by atoms with Gasteiger partial charge in [0.25, 0.3) is 0 Å². The minimum atomic E-state index is 0.568. The van der Waals surface area contributed by atoms with E-state index in [9.17, 15) is 0 Å². The molecule has 0 amide bonds. The first-order valence-electron chi connectivity index (χ1n) is 6.66. The maximum atomic E-state index is 5.79. The van der Waals surface area contributed by atoms with Crippen LogP contribution < -0.4 is 9.47 Å². The Balaban J connectivity index is 1.67. The Kier molecular flexibility index (Phi) is 3.95. The molecule has 6 nitrogen and oxygen atoms in total. The first kappa shape index (κ1) is 13.4. The van der Waals surface area contributed by atoms with Crippen LogP contribution in [0.1, 0.15) is 6.42 Å². The molecule has 107 valence electrons. The number of aryl methyl sites for hydroxylation is 1. The molecule has 0 bridgehead atoms. The molecule has 0 aliphatic rings. The van der Waals surface area contributed by atoms with E-state index in [4.69, 9.17) is 9.47 Å². The molecular formula is C15H15N4O2. The lowest BCUT2D eigenvalue weighted by Crippen LogP contribution is -2.05. The van der Waals surface area contributed by atoms with Crippen molar-refractivity contribution in [2.24, 2.45) is 0 Å². The van der Waals surface area contributed by atoms with E-state index in [1.165, 1.54) is 6.33 Å². The lowest BCUT2D eigenvalue weighted by Gasteiger charge is -2.11. The van der Waals surface area contributed by atoms with Crippen LogP contribution in [0.5, 0.6) is 11.5 Å². The zero-order chi connectivity index (χ0) is 14.5. The third-order valence-corrected chi connectivity index (χ3v) is 3.06. The van der Waals surface area contributed by atoms with Crippen LogP contribution in [0.25, 0.3) is 10.9 Å². The molecule has 0 spiro atoms. The predicted octanol–water partition coefficient (Wildman–Crippen LogP) is 2.10. The molecule has 3 aromatic rings. The van der Waals surface area contributed by atoms with Gasteiger partial charge in [-0.2, -0.15) is 5.10 Å². The number of rotatable bonds is 6. The van der Waals surface area contributed by atoms with Gasteiger partial charge < -0.3 is 9.47 Å². The molecule has 0 atom stereocenters. The summed E-state index contributed by atoms with van der Waals surface area (Å²) in [6.45, 7) is 1.33. The summed E-state index contributed by atoms with van der Waals surface area (Å²) in [5.41, 5.74) is 0.838. The largest absolute Gasteiger partial charge is 0.493 e. The highest BCUT2D eigenvalue weighted by Gasteiger charge is 2.07. The van der Waals surface area contributed by atoms with Crippen molar-refractivity contribution in [3.8, 4) is 11.5 Å². The summed E-state index contributed by atoms with van der Waals surface area (Å²) in [4.78, 5) is 8.20. The molecule has 0 saturated carbocycles. The predicted molar refractivity (Wildman–Crippen MR) is 77.3 cm³/mol. The van der Waals surface area contributed by atoms with E-state index in [0.717, 1.165) is 23.9 Å². The zero-order valence-corrected chi connectivity index (χ0v) is 11.7. The highest BCUT2D eigenvalue weighted by molar-refractivity contribution is 5.81. The fraction of sp³-hybridized carbons (Fsp3) is 0.267. The Bertz CT molecular complexity index is 713. The summed E-state index contributed by atoms with van der Waals surface area (Å²) in [6, 6.07) is 8.66. The molecule has 3 rings (SSSR count). The molecule has 1 aromatic carbocycles. The fourth-order valence-corrected chi connectivity index (χ4v) is 2.05. The average molecular weight is 283 g/mol. The highest BCUT2D eigenvalue weighted by atomic mass is 16.5. The average Bonchev–Trinajstić information content (AvgIpc) is 3.04. The number of ether oxygens (including phenoxy) is 2. The molecule has 0 saturated heterocycles. The fourth-order valence-electron chi connectivity index (χ4n) is 2.05. The van der Waals surface area contributed by atoms with Gasteiger partial charge in [-0.25, -0.2) is 4.98 Å². The Morgan fingerprint density at radius 1 is 1.29 bits per heavy atom. The van der Waals surface area contributed by atoms with Gasteiger partial charge in [0, 0.05) is 30.6 Å². The molecule has 6 heteroatoms. The van der Waals surface area contributed by atoms with Crippen LogP contribution in [0.15, 0.2) is 37.1 Å². The lowest BCUT2D eigenvalue weighted by molar-refractivity contribution is 0.281. The number of hydrogen-bond donors (Lipinski definition) is 0. The standard InChI is InChI=1S/C15H15N4O2/c1-20-14-8-12-4-2-5-17-13(12)9-15(14)21-7-3-6-19-11-16-10-18-19/h2,5,8-11H,3,6-7H2,1H3. The van der Waals surface area contributed by atoms with Crippen LogP contribution in [-0.2, 0) is 6.54 Å². The Morgan fingerprint density at radius 2 is 2.24 bits per heavy atom. The van der Waals surface area contributed by atoms with Gasteiger partial charge in [-0.3, -0.25) is 9.67 Å². The van der Waals surface area contributed by atoms with Gasteiger partial charge in [0.1, 0.15) is 12.7 Å². The summed E-state index contributed by atoms with van der Waals surface area (Å²) >= 11 is 0. The van der Waals surface area contributed by atoms with E-state index in [1.54, 1.807) is 30.4 Å². The first-order chi connectivity index (χ1) is 10.4. The highest BCUT2D eigenvalue weighted by Crippen LogP contribution is 2.31. The van der Waals surface area contributed by atoms with Crippen molar-refractivity contribution in [2.45, 2.75) is 13.0 Å². The van der Waals surface area contributed by atoms with Crippen molar-refractivity contribution in [2.75, 3.05) is 13.7 Å². The number of pyridine rings is 1. The summed E-state index contributed by atoms with van der Waals surface area (Å²) in [5, 5.41) is 4.95. The quantitative estimate of drug-likeness (QED) is 0.648. The molecule has 0 fully saturated rings. The molecule has 0 aliphatic carbocycles. The topological polar surface area (TPSA) is 62.1 Å². The number of aromatic nitrogens is 4. The monoisotopic (exact) mass is 283 g/mol. The van der Waals surface area contributed by atoms with Crippen LogP contribution in [0.3, 0.4) is 0 Å². The molecular weight excluding hydrogens is 268 g/mol. The smallest absolute Gasteiger partial charge is 0.163 e. The molecule has 1 radical (unpaired) electrons. The van der Waals surface area contributed by atoms with Crippen molar-refractivity contribution in [1.29, 1.82) is 0 Å². The number of nitrogens with zero attached hydrogens (tertiary/aromatic N) is 4. The van der Waals surface area contributed by atoms with E-state index in [-0.39, 0.29) is 0 Å². The minimum Gasteiger partial charge on any atom is -0.493 e. The van der Waals surface area contributed by atoms with E-state index < -0.39 is 0 Å². The third kappa shape index (κ3) is 3.10. The maximum absolute atomic E-state index is 5.79. The van der Waals surface area contributed by atoms with Crippen molar-refractivity contribution in [1.82, 2.24) is 19.7 Å². The zero-order valence-electron chi connectivity index (χ0n) is 11.7. The van der Waals surface area contributed by atoms with E-state index in [0.29, 0.717) is 18.1 Å². The van der Waals surface area contributed by atoms with Crippen LogP contribution in [0.2, 0.25) is 0 Å². The van der Waals surface area contributed by atoms with Gasteiger partial charge in [0.2, 0.25) is 0 Å². The van der Waals surface area contributed by atoms with Gasteiger partial charge in [-0.15, -0.1) is 0 Å². The molecule has 0 aliphatic heterocycles.